The highest BCUT2D eigenvalue weighted by molar-refractivity contribution is 9.10. The van der Waals surface area contributed by atoms with Crippen molar-refractivity contribution in [2.24, 2.45) is 0 Å². The van der Waals surface area contributed by atoms with Crippen LogP contribution in [0.4, 0.5) is 4.39 Å². The minimum Gasteiger partial charge on any atom is -0.308 e. The molecule has 0 radical (unpaired) electrons. The minimum absolute atomic E-state index is 0.0669. The van der Waals surface area contributed by atoms with Crippen LogP contribution in [0, 0.1) is 5.82 Å². The van der Waals surface area contributed by atoms with Crippen LogP contribution in [0.3, 0.4) is 0 Å². The Balaban J connectivity index is 2.61. The zero-order chi connectivity index (χ0) is 13.7. The lowest BCUT2D eigenvalue weighted by Gasteiger charge is -2.20. The third-order valence-corrected chi connectivity index (χ3v) is 4.10. The SMILES string of the molecule is CC(CCS(C)=O)NC(C)c1cc(Br)ccc1F. The third kappa shape index (κ3) is 5.16. The maximum absolute atomic E-state index is 13.7. The van der Waals surface area contributed by atoms with Crippen molar-refractivity contribution in [1.29, 1.82) is 0 Å². The smallest absolute Gasteiger partial charge is 0.128 e. The van der Waals surface area contributed by atoms with Gasteiger partial charge in [-0.1, -0.05) is 15.9 Å². The Morgan fingerprint density at radius 1 is 1.44 bits per heavy atom. The highest BCUT2D eigenvalue weighted by Gasteiger charge is 2.14. The molecule has 0 saturated carbocycles. The van der Waals surface area contributed by atoms with Crippen LogP contribution in [-0.4, -0.2) is 22.3 Å². The zero-order valence-corrected chi connectivity index (χ0v) is 13.3. The van der Waals surface area contributed by atoms with Crippen molar-refractivity contribution in [1.82, 2.24) is 5.32 Å². The van der Waals surface area contributed by atoms with Gasteiger partial charge in [0.2, 0.25) is 0 Å². The van der Waals surface area contributed by atoms with Gasteiger partial charge < -0.3 is 5.32 Å². The first kappa shape index (κ1) is 15.8. The van der Waals surface area contributed by atoms with Gasteiger partial charge in [-0.3, -0.25) is 4.21 Å². The number of benzene rings is 1. The maximum Gasteiger partial charge on any atom is 0.128 e. The summed E-state index contributed by atoms with van der Waals surface area (Å²) < 4.78 is 25.6. The van der Waals surface area contributed by atoms with Gasteiger partial charge in [0.25, 0.3) is 0 Å². The summed E-state index contributed by atoms with van der Waals surface area (Å²) in [4.78, 5) is 0. The molecule has 1 N–H and O–H groups in total. The molecule has 0 amide bonds. The van der Waals surface area contributed by atoms with E-state index in [0.717, 1.165) is 10.9 Å². The van der Waals surface area contributed by atoms with E-state index >= 15 is 0 Å². The van der Waals surface area contributed by atoms with Gasteiger partial charge in [0.05, 0.1) is 0 Å². The molecule has 102 valence electrons. The van der Waals surface area contributed by atoms with Gasteiger partial charge in [0.15, 0.2) is 0 Å². The molecule has 3 unspecified atom stereocenters. The molecule has 0 fully saturated rings. The first-order valence-corrected chi connectivity index (χ1v) is 8.43. The summed E-state index contributed by atoms with van der Waals surface area (Å²) in [5.41, 5.74) is 0.647. The lowest BCUT2D eigenvalue weighted by atomic mass is 10.1. The molecule has 18 heavy (non-hydrogen) atoms. The summed E-state index contributed by atoms with van der Waals surface area (Å²) >= 11 is 3.35. The van der Waals surface area contributed by atoms with E-state index in [2.05, 4.69) is 21.2 Å². The van der Waals surface area contributed by atoms with E-state index < -0.39 is 10.8 Å². The van der Waals surface area contributed by atoms with Crippen molar-refractivity contribution in [3.63, 3.8) is 0 Å². The second-order valence-corrected chi connectivity index (χ2v) is 6.99. The maximum atomic E-state index is 13.7. The van der Waals surface area contributed by atoms with Gasteiger partial charge in [-0.15, -0.1) is 0 Å². The molecule has 0 aliphatic heterocycles. The van der Waals surface area contributed by atoms with Gasteiger partial charge in [-0.2, -0.15) is 0 Å². The topological polar surface area (TPSA) is 29.1 Å². The number of hydrogen-bond acceptors (Lipinski definition) is 2. The summed E-state index contributed by atoms with van der Waals surface area (Å²) in [6.07, 6.45) is 2.52. The van der Waals surface area contributed by atoms with Crippen molar-refractivity contribution in [3.05, 3.63) is 34.1 Å². The molecule has 0 spiro atoms. The molecule has 0 aromatic heterocycles. The Kier molecular flexibility index (Phi) is 6.46. The van der Waals surface area contributed by atoms with Crippen molar-refractivity contribution in [2.45, 2.75) is 32.4 Å². The molecule has 1 rings (SSSR count). The average molecular weight is 336 g/mol. The van der Waals surface area contributed by atoms with Crippen LogP contribution in [0.2, 0.25) is 0 Å². The molecule has 1 aromatic rings. The van der Waals surface area contributed by atoms with Crippen LogP contribution < -0.4 is 5.32 Å². The second kappa shape index (κ2) is 7.36. The van der Waals surface area contributed by atoms with E-state index in [-0.39, 0.29) is 17.9 Å². The molecular weight excluding hydrogens is 317 g/mol. The molecule has 5 heteroatoms. The molecule has 3 atom stereocenters. The second-order valence-electron chi connectivity index (χ2n) is 4.52. The van der Waals surface area contributed by atoms with Crippen molar-refractivity contribution in [2.75, 3.05) is 12.0 Å². The Bertz CT molecular complexity index is 427. The Hall–Kier alpha value is -0.260. The number of rotatable bonds is 6. The summed E-state index contributed by atoms with van der Waals surface area (Å²) in [5, 5.41) is 3.32. The van der Waals surface area contributed by atoms with Crippen molar-refractivity contribution < 1.29 is 8.60 Å². The van der Waals surface area contributed by atoms with E-state index in [1.54, 1.807) is 18.4 Å². The van der Waals surface area contributed by atoms with Gasteiger partial charge >= 0.3 is 0 Å². The number of halogens is 2. The summed E-state index contributed by atoms with van der Waals surface area (Å²) in [5.74, 6) is 0.464. The average Bonchev–Trinajstić information content (AvgIpc) is 2.29. The molecule has 0 heterocycles. The van der Waals surface area contributed by atoms with Crippen LogP contribution in [0.1, 0.15) is 31.9 Å². The lowest BCUT2D eigenvalue weighted by molar-refractivity contribution is 0.455. The Morgan fingerprint density at radius 2 is 2.11 bits per heavy atom. The van der Waals surface area contributed by atoms with Gasteiger partial charge in [-0.25, -0.2) is 4.39 Å². The largest absolute Gasteiger partial charge is 0.308 e. The molecule has 1 aromatic carbocycles. The summed E-state index contributed by atoms with van der Waals surface area (Å²) in [7, 11) is -0.775. The molecule has 0 aliphatic carbocycles. The van der Waals surface area contributed by atoms with E-state index in [1.807, 2.05) is 13.8 Å². The van der Waals surface area contributed by atoms with Gasteiger partial charge in [-0.05, 0) is 38.5 Å². The fraction of sp³-hybridized carbons (Fsp3) is 0.538. The molecule has 2 nitrogen and oxygen atoms in total. The minimum atomic E-state index is -0.775. The number of hydrogen-bond donors (Lipinski definition) is 1. The van der Waals surface area contributed by atoms with E-state index in [4.69, 9.17) is 0 Å². The first-order chi connectivity index (χ1) is 8.40. The summed E-state index contributed by atoms with van der Waals surface area (Å²) in [6, 6.07) is 5.08. The zero-order valence-electron chi connectivity index (χ0n) is 10.9. The lowest BCUT2D eigenvalue weighted by Crippen LogP contribution is -2.30. The van der Waals surface area contributed by atoms with Crippen molar-refractivity contribution in [3.8, 4) is 0 Å². The molecule has 0 saturated heterocycles. The fourth-order valence-electron chi connectivity index (χ4n) is 1.79. The monoisotopic (exact) mass is 335 g/mol. The number of nitrogens with one attached hydrogen (secondary N) is 1. The van der Waals surface area contributed by atoms with Crippen LogP contribution in [0.5, 0.6) is 0 Å². The highest BCUT2D eigenvalue weighted by Crippen LogP contribution is 2.22. The Labute approximate surface area is 119 Å². The van der Waals surface area contributed by atoms with E-state index in [1.165, 1.54) is 6.07 Å². The predicted molar refractivity (Wildman–Crippen MR) is 78.7 cm³/mol. The van der Waals surface area contributed by atoms with Crippen LogP contribution in [-0.2, 0) is 10.8 Å². The predicted octanol–water partition coefficient (Wildman–Crippen LogP) is 3.40. The standard InChI is InChI=1S/C13H19BrFNOS/c1-9(6-7-18(3)17)16-10(2)12-8-11(14)4-5-13(12)15/h4-5,8-10,16H,6-7H2,1-3H3. The van der Waals surface area contributed by atoms with E-state index in [9.17, 15) is 8.60 Å². The van der Waals surface area contributed by atoms with Gasteiger partial charge in [0.1, 0.15) is 5.82 Å². The third-order valence-electron chi connectivity index (χ3n) is 2.80. The highest BCUT2D eigenvalue weighted by atomic mass is 79.9. The summed E-state index contributed by atoms with van der Waals surface area (Å²) in [6.45, 7) is 3.96. The molecule has 0 bridgehead atoms. The molecule has 0 aliphatic rings. The van der Waals surface area contributed by atoms with Crippen molar-refractivity contribution >= 4 is 26.7 Å². The van der Waals surface area contributed by atoms with Crippen LogP contribution in [0.15, 0.2) is 22.7 Å². The Morgan fingerprint density at radius 3 is 2.72 bits per heavy atom. The first-order valence-electron chi connectivity index (χ1n) is 5.91. The van der Waals surface area contributed by atoms with Crippen LogP contribution >= 0.6 is 15.9 Å². The van der Waals surface area contributed by atoms with Crippen LogP contribution in [0.25, 0.3) is 0 Å². The van der Waals surface area contributed by atoms with Gasteiger partial charge in [0, 0.05) is 44.9 Å². The quantitative estimate of drug-likeness (QED) is 0.863. The fourth-order valence-corrected chi connectivity index (χ4v) is 2.85. The van der Waals surface area contributed by atoms with E-state index in [0.29, 0.717) is 11.3 Å². The molecular formula is C13H19BrFNOS. The normalized spacial score (nSPS) is 16.3.